The average Bonchev–Trinajstić information content (AvgIpc) is 3.08. The van der Waals surface area contributed by atoms with Gasteiger partial charge in [-0.3, -0.25) is 19.5 Å². The number of hydrogen-bond donors (Lipinski definition) is 1. The van der Waals surface area contributed by atoms with Crippen LogP contribution in [-0.4, -0.2) is 43.0 Å². The number of benzene rings is 2. The van der Waals surface area contributed by atoms with Crippen LogP contribution < -0.4 is 19.7 Å². The number of anilines is 2. The maximum Gasteiger partial charge on any atom is 0.254 e. The molecule has 0 unspecified atom stereocenters. The van der Waals surface area contributed by atoms with Gasteiger partial charge in [-0.25, -0.2) is 0 Å². The number of amidine groups is 1. The molecule has 1 atom stereocenters. The van der Waals surface area contributed by atoms with Crippen molar-refractivity contribution in [2.45, 2.75) is 19.1 Å². The molecule has 1 aliphatic heterocycles. The molecule has 2 aromatic rings. The van der Waals surface area contributed by atoms with Gasteiger partial charge in [-0.2, -0.15) is 0 Å². The molecule has 1 N–H and O–H groups in total. The zero-order chi connectivity index (χ0) is 21.0. The lowest BCUT2D eigenvalue weighted by atomic mass is 10.2. The van der Waals surface area contributed by atoms with Gasteiger partial charge in [0, 0.05) is 11.8 Å². The molecule has 0 saturated heterocycles. The predicted octanol–water partition coefficient (Wildman–Crippen LogP) is 3.48. The summed E-state index contributed by atoms with van der Waals surface area (Å²) in [6, 6.07) is 12.8. The minimum absolute atomic E-state index is 0.0836. The third-order valence-corrected chi connectivity index (χ3v) is 5.48. The molecule has 2 amide bonds. The molecular weight excluding hydrogens is 390 g/mol. The van der Waals surface area contributed by atoms with Gasteiger partial charge in [-0.1, -0.05) is 29.5 Å². The van der Waals surface area contributed by atoms with Crippen molar-refractivity contribution in [3.05, 3.63) is 48.0 Å². The molecular formula is C21H23N3O4S. The van der Waals surface area contributed by atoms with Gasteiger partial charge in [0.1, 0.15) is 6.54 Å². The van der Waals surface area contributed by atoms with Crippen LogP contribution in [0.15, 0.2) is 47.5 Å². The summed E-state index contributed by atoms with van der Waals surface area (Å²) >= 11 is 1.25. The van der Waals surface area contributed by atoms with E-state index in [1.54, 1.807) is 37.1 Å². The lowest BCUT2D eigenvalue weighted by Crippen LogP contribution is -2.33. The standard InChI is InChI=1S/C21H23N3O4S/c1-13-5-8-16(9-6-13)24-19(25)12-22-21(24)29-14(2)20(26)23-15-7-10-17(27-3)18(11-15)28-4/h5-11,14H,12H2,1-4H3,(H,23,26)/t14-/m0/s1. The van der Waals surface area contributed by atoms with Crippen LogP contribution in [0.5, 0.6) is 11.5 Å². The Morgan fingerprint density at radius 1 is 1.14 bits per heavy atom. The molecule has 0 saturated carbocycles. The molecule has 8 heteroatoms. The Morgan fingerprint density at radius 3 is 2.48 bits per heavy atom. The number of rotatable bonds is 6. The number of aliphatic imine (C=N–C) groups is 1. The normalized spacial score (nSPS) is 14.4. The smallest absolute Gasteiger partial charge is 0.254 e. The summed E-state index contributed by atoms with van der Waals surface area (Å²) in [6.45, 7) is 3.85. The number of nitrogens with zero attached hydrogens (tertiary/aromatic N) is 2. The van der Waals surface area contributed by atoms with Gasteiger partial charge in [0.25, 0.3) is 5.91 Å². The Bertz CT molecular complexity index is 943. The van der Waals surface area contributed by atoms with E-state index in [2.05, 4.69) is 10.3 Å². The summed E-state index contributed by atoms with van der Waals surface area (Å²) in [4.78, 5) is 30.9. The van der Waals surface area contributed by atoms with Gasteiger partial charge in [0.15, 0.2) is 16.7 Å². The SMILES string of the molecule is COc1ccc(NC(=O)[C@H](C)SC2=NCC(=O)N2c2ccc(C)cc2)cc1OC. The summed E-state index contributed by atoms with van der Waals surface area (Å²) in [7, 11) is 3.09. The van der Waals surface area contributed by atoms with Gasteiger partial charge in [0.2, 0.25) is 5.91 Å². The van der Waals surface area contributed by atoms with Crippen molar-refractivity contribution >= 4 is 40.1 Å². The van der Waals surface area contributed by atoms with E-state index in [1.807, 2.05) is 31.2 Å². The number of amides is 2. The van der Waals surface area contributed by atoms with Gasteiger partial charge >= 0.3 is 0 Å². The Hall–Kier alpha value is -3.00. The summed E-state index contributed by atoms with van der Waals surface area (Å²) in [5.41, 5.74) is 2.45. The van der Waals surface area contributed by atoms with Gasteiger partial charge in [-0.15, -0.1) is 0 Å². The summed E-state index contributed by atoms with van der Waals surface area (Å²) < 4.78 is 10.5. The number of carbonyl (C=O) groups excluding carboxylic acids is 2. The topological polar surface area (TPSA) is 80.2 Å². The first-order chi connectivity index (χ1) is 13.9. The highest BCUT2D eigenvalue weighted by molar-refractivity contribution is 8.15. The fourth-order valence-electron chi connectivity index (χ4n) is 2.79. The van der Waals surface area contributed by atoms with E-state index < -0.39 is 5.25 Å². The Morgan fingerprint density at radius 2 is 1.83 bits per heavy atom. The molecule has 1 heterocycles. The maximum absolute atomic E-state index is 12.7. The predicted molar refractivity (Wildman–Crippen MR) is 116 cm³/mol. The highest BCUT2D eigenvalue weighted by Crippen LogP contribution is 2.31. The Labute approximate surface area is 174 Å². The van der Waals surface area contributed by atoms with Crippen molar-refractivity contribution in [3.63, 3.8) is 0 Å². The van der Waals surface area contributed by atoms with Crippen molar-refractivity contribution in [1.29, 1.82) is 0 Å². The number of aryl methyl sites for hydroxylation is 1. The number of ether oxygens (including phenoxy) is 2. The zero-order valence-electron chi connectivity index (χ0n) is 16.8. The molecule has 0 bridgehead atoms. The molecule has 1 aliphatic rings. The number of hydrogen-bond acceptors (Lipinski definition) is 6. The molecule has 2 aromatic carbocycles. The summed E-state index contributed by atoms with van der Waals surface area (Å²) in [5, 5.41) is 2.93. The molecule has 152 valence electrons. The van der Waals surface area contributed by atoms with E-state index in [0.29, 0.717) is 22.4 Å². The van der Waals surface area contributed by atoms with E-state index >= 15 is 0 Å². The largest absolute Gasteiger partial charge is 0.493 e. The molecule has 0 radical (unpaired) electrons. The van der Waals surface area contributed by atoms with E-state index in [-0.39, 0.29) is 18.4 Å². The first-order valence-electron chi connectivity index (χ1n) is 9.06. The van der Waals surface area contributed by atoms with Crippen LogP contribution in [0.25, 0.3) is 0 Å². The van der Waals surface area contributed by atoms with E-state index in [1.165, 1.54) is 18.9 Å². The van der Waals surface area contributed by atoms with Crippen LogP contribution in [0.4, 0.5) is 11.4 Å². The lowest BCUT2D eigenvalue weighted by molar-refractivity contribution is -0.116. The minimum Gasteiger partial charge on any atom is -0.493 e. The van der Waals surface area contributed by atoms with Crippen molar-refractivity contribution in [2.24, 2.45) is 4.99 Å². The number of thioether (sulfide) groups is 1. The van der Waals surface area contributed by atoms with Gasteiger partial charge < -0.3 is 14.8 Å². The number of nitrogens with one attached hydrogen (secondary N) is 1. The van der Waals surface area contributed by atoms with Crippen LogP contribution in [0.3, 0.4) is 0 Å². The van der Waals surface area contributed by atoms with E-state index in [0.717, 1.165) is 11.3 Å². The van der Waals surface area contributed by atoms with E-state index in [9.17, 15) is 9.59 Å². The summed E-state index contributed by atoms with van der Waals surface area (Å²) in [5.74, 6) is 0.805. The van der Waals surface area contributed by atoms with Crippen LogP contribution in [0.2, 0.25) is 0 Å². The van der Waals surface area contributed by atoms with Crippen LogP contribution in [0, 0.1) is 6.92 Å². The molecule has 0 aliphatic carbocycles. The van der Waals surface area contributed by atoms with E-state index in [4.69, 9.17) is 9.47 Å². The number of methoxy groups -OCH3 is 2. The second-order valence-corrected chi connectivity index (χ2v) is 7.79. The van der Waals surface area contributed by atoms with Gasteiger partial charge in [-0.05, 0) is 38.1 Å². The first-order valence-corrected chi connectivity index (χ1v) is 9.94. The van der Waals surface area contributed by atoms with Crippen LogP contribution in [0.1, 0.15) is 12.5 Å². The highest BCUT2D eigenvalue weighted by Gasteiger charge is 2.30. The maximum atomic E-state index is 12.7. The van der Waals surface area contributed by atoms with Crippen molar-refractivity contribution in [1.82, 2.24) is 0 Å². The minimum atomic E-state index is -0.458. The van der Waals surface area contributed by atoms with Crippen molar-refractivity contribution in [2.75, 3.05) is 31.0 Å². The third kappa shape index (κ3) is 4.71. The lowest BCUT2D eigenvalue weighted by Gasteiger charge is -2.20. The third-order valence-electron chi connectivity index (χ3n) is 4.38. The Kier molecular flexibility index (Phi) is 6.43. The van der Waals surface area contributed by atoms with Gasteiger partial charge in [0.05, 0.1) is 25.2 Å². The molecule has 3 rings (SSSR count). The van der Waals surface area contributed by atoms with Crippen LogP contribution in [-0.2, 0) is 9.59 Å². The first kappa shape index (κ1) is 20.7. The summed E-state index contributed by atoms with van der Waals surface area (Å²) in [6.07, 6.45) is 0. The van der Waals surface area contributed by atoms with Crippen molar-refractivity contribution < 1.29 is 19.1 Å². The zero-order valence-corrected chi connectivity index (χ0v) is 17.6. The average molecular weight is 413 g/mol. The highest BCUT2D eigenvalue weighted by atomic mass is 32.2. The molecule has 0 aromatic heterocycles. The Balaban J connectivity index is 1.69. The molecule has 7 nitrogen and oxygen atoms in total. The fraction of sp³-hybridized carbons (Fsp3) is 0.286. The van der Waals surface area contributed by atoms with Crippen LogP contribution >= 0.6 is 11.8 Å². The quantitative estimate of drug-likeness (QED) is 0.784. The molecule has 0 fully saturated rings. The number of carbonyl (C=O) groups is 2. The second kappa shape index (κ2) is 9.00. The molecule has 29 heavy (non-hydrogen) atoms. The second-order valence-electron chi connectivity index (χ2n) is 6.48. The van der Waals surface area contributed by atoms with Crippen molar-refractivity contribution in [3.8, 4) is 11.5 Å². The molecule has 0 spiro atoms. The fourth-order valence-corrected chi connectivity index (χ4v) is 3.73. The monoisotopic (exact) mass is 413 g/mol.